The highest BCUT2D eigenvalue weighted by Gasteiger charge is 2.46. The van der Waals surface area contributed by atoms with E-state index in [1.807, 2.05) is 0 Å². The first kappa shape index (κ1) is 28.7. The summed E-state index contributed by atoms with van der Waals surface area (Å²) in [6.07, 6.45) is 12.3. The quantitative estimate of drug-likeness (QED) is 0.342. The van der Waals surface area contributed by atoms with Gasteiger partial charge in [0.15, 0.2) is 5.82 Å². The lowest BCUT2D eigenvalue weighted by Crippen LogP contribution is -2.55. The molecule has 2 aliphatic heterocycles. The van der Waals surface area contributed by atoms with Crippen LogP contribution in [0.4, 0.5) is 0 Å². The van der Waals surface area contributed by atoms with Crippen molar-refractivity contribution in [2.24, 2.45) is 0 Å². The van der Waals surface area contributed by atoms with Crippen LogP contribution >= 0.6 is 0 Å². The number of nitrogens with zero attached hydrogens (tertiary/aromatic N) is 7. The van der Waals surface area contributed by atoms with Crippen molar-refractivity contribution >= 4 is 11.8 Å². The predicted octanol–water partition coefficient (Wildman–Crippen LogP) is 5.86. The maximum atomic E-state index is 4.83. The second kappa shape index (κ2) is 13.3. The summed E-state index contributed by atoms with van der Waals surface area (Å²) in [6.45, 7) is 12.8. The van der Waals surface area contributed by atoms with Crippen LogP contribution in [0, 0.1) is 0 Å². The van der Waals surface area contributed by atoms with Gasteiger partial charge in [-0.25, -0.2) is 0 Å². The van der Waals surface area contributed by atoms with E-state index in [1.54, 1.807) is 0 Å². The van der Waals surface area contributed by atoms with E-state index in [4.69, 9.17) is 5.10 Å². The number of likely N-dealkylation sites (tertiary alicyclic amines) is 1. The number of hydrogen-bond acceptors (Lipinski definition) is 6. The first-order chi connectivity index (χ1) is 20.6. The van der Waals surface area contributed by atoms with Crippen molar-refractivity contribution in [3.8, 4) is 0 Å². The van der Waals surface area contributed by atoms with Crippen molar-refractivity contribution in [1.29, 1.82) is 0 Å². The first-order valence-electron chi connectivity index (χ1n) is 15.7. The van der Waals surface area contributed by atoms with Crippen molar-refractivity contribution in [2.45, 2.75) is 58.0 Å². The van der Waals surface area contributed by atoms with E-state index in [0.29, 0.717) is 0 Å². The average molecular weight is 564 g/mol. The minimum Gasteiger partial charge on any atom is -0.299 e. The molecule has 0 amide bonds. The van der Waals surface area contributed by atoms with Gasteiger partial charge in [0, 0.05) is 45.8 Å². The third-order valence-corrected chi connectivity index (χ3v) is 9.44. The van der Waals surface area contributed by atoms with Gasteiger partial charge in [-0.3, -0.25) is 14.7 Å². The highest BCUT2D eigenvalue weighted by molar-refractivity contribution is 5.67. The molecular weight excluding hydrogens is 518 g/mol. The summed E-state index contributed by atoms with van der Waals surface area (Å²) in [4.78, 5) is 7.95. The Kier molecular flexibility index (Phi) is 9.08. The fourth-order valence-electron chi connectivity index (χ4n) is 7.12. The number of allylic oxidation sites excluding steroid dienone is 4. The molecule has 1 aromatic heterocycles. The Morgan fingerprint density at radius 2 is 1.60 bits per heavy atom. The zero-order chi connectivity index (χ0) is 28.8. The van der Waals surface area contributed by atoms with E-state index in [1.165, 1.54) is 28.0 Å². The molecule has 0 N–H and O–H groups in total. The number of tetrazole rings is 1. The van der Waals surface area contributed by atoms with E-state index >= 15 is 0 Å². The number of hydrogen-bond donors (Lipinski definition) is 0. The van der Waals surface area contributed by atoms with Crippen LogP contribution in [0.2, 0.25) is 0 Å². The van der Waals surface area contributed by atoms with Gasteiger partial charge in [0.1, 0.15) is 0 Å². The third kappa shape index (κ3) is 6.33. The Bertz CT molecular complexity index is 1400. The molecule has 0 atom stereocenters. The van der Waals surface area contributed by atoms with Crippen LogP contribution in [0.15, 0.2) is 84.0 Å². The largest absolute Gasteiger partial charge is 0.299 e. The molecule has 1 aliphatic carbocycles. The molecule has 3 aromatic rings. The van der Waals surface area contributed by atoms with Crippen LogP contribution in [0.25, 0.3) is 11.8 Å². The second-order valence-electron chi connectivity index (χ2n) is 12.2. The van der Waals surface area contributed by atoms with Gasteiger partial charge >= 0.3 is 0 Å². The van der Waals surface area contributed by atoms with Crippen molar-refractivity contribution in [3.63, 3.8) is 0 Å². The summed E-state index contributed by atoms with van der Waals surface area (Å²) in [6, 6.07) is 21.5. The van der Waals surface area contributed by atoms with Crippen LogP contribution in [0.1, 0.15) is 62.9 Å². The minimum absolute atomic E-state index is 0.183. The van der Waals surface area contributed by atoms with Crippen LogP contribution in [-0.2, 0) is 12.1 Å². The van der Waals surface area contributed by atoms with Crippen molar-refractivity contribution in [1.82, 2.24) is 34.9 Å². The normalized spacial score (nSPS) is 21.0. The summed E-state index contributed by atoms with van der Waals surface area (Å²) >= 11 is 0. The minimum atomic E-state index is -0.183. The second-order valence-corrected chi connectivity index (χ2v) is 12.2. The van der Waals surface area contributed by atoms with Gasteiger partial charge in [0.25, 0.3) is 0 Å². The molecule has 220 valence electrons. The summed E-state index contributed by atoms with van der Waals surface area (Å²) < 4.78 is 2.11. The van der Waals surface area contributed by atoms with E-state index in [-0.39, 0.29) is 5.54 Å². The van der Waals surface area contributed by atoms with Gasteiger partial charge in [-0.2, -0.15) is 4.68 Å². The maximum Gasteiger partial charge on any atom is 0.177 e. The Morgan fingerprint density at radius 3 is 2.36 bits per heavy atom. The molecule has 7 nitrogen and oxygen atoms in total. The van der Waals surface area contributed by atoms with Crippen molar-refractivity contribution in [3.05, 3.63) is 101 Å². The summed E-state index contributed by atoms with van der Waals surface area (Å²) in [7, 11) is 0. The lowest BCUT2D eigenvalue weighted by atomic mass is 9.83. The Labute approximate surface area is 251 Å². The lowest BCUT2D eigenvalue weighted by Gasteiger charge is -2.47. The predicted molar refractivity (Wildman–Crippen MR) is 170 cm³/mol. The van der Waals surface area contributed by atoms with Gasteiger partial charge in [0.05, 0.1) is 11.2 Å². The molecular formula is C35H45N7. The van der Waals surface area contributed by atoms with Gasteiger partial charge in [-0.15, -0.1) is 5.10 Å². The molecule has 3 heterocycles. The van der Waals surface area contributed by atoms with Crippen molar-refractivity contribution < 1.29 is 0 Å². The number of aromatic nitrogens is 4. The Balaban J connectivity index is 1.24. The van der Waals surface area contributed by atoms with Crippen LogP contribution in [0.5, 0.6) is 0 Å². The molecule has 42 heavy (non-hydrogen) atoms. The van der Waals surface area contributed by atoms with Gasteiger partial charge in [0.2, 0.25) is 0 Å². The molecule has 0 spiro atoms. The molecule has 3 aliphatic rings. The van der Waals surface area contributed by atoms with Crippen molar-refractivity contribution in [2.75, 3.05) is 45.8 Å². The van der Waals surface area contributed by atoms with E-state index in [2.05, 4.69) is 123 Å². The molecule has 2 fully saturated rings. The number of benzene rings is 2. The topological polar surface area (TPSA) is 53.3 Å². The lowest BCUT2D eigenvalue weighted by molar-refractivity contribution is 0.00940. The fraction of sp³-hybridized carbons (Fsp3) is 0.457. The molecule has 2 aromatic carbocycles. The van der Waals surface area contributed by atoms with Gasteiger partial charge in [-0.1, -0.05) is 78.9 Å². The molecule has 0 bridgehead atoms. The molecule has 6 rings (SSSR count). The molecule has 2 saturated heterocycles. The third-order valence-electron chi connectivity index (χ3n) is 9.44. The van der Waals surface area contributed by atoms with Gasteiger partial charge in [-0.05, 0) is 85.2 Å². The number of piperidine rings is 1. The Morgan fingerprint density at radius 1 is 0.833 bits per heavy atom. The van der Waals surface area contributed by atoms with Crippen LogP contribution < -0.4 is 0 Å². The van der Waals surface area contributed by atoms with Gasteiger partial charge < -0.3 is 0 Å². The standard InChI is InChI=1S/C35H45N7/c1-29-12-9-13-30(2)33(29)42-34(36-37-38-42)35(19-24-40(25-20-35)28-32-16-7-4-8-17-32)41-23-11-22-39(26-27-41)21-10-18-31-14-5-3-6-15-31/h3-8,10,12,14-18H,9,11,13,19-28H2,1-2H3/b18-10+. The van der Waals surface area contributed by atoms with Crippen LogP contribution in [0.3, 0.4) is 0 Å². The summed E-state index contributed by atoms with van der Waals surface area (Å²) in [5.74, 6) is 1.03. The molecule has 0 saturated carbocycles. The van der Waals surface area contributed by atoms with E-state index < -0.39 is 0 Å². The van der Waals surface area contributed by atoms with E-state index in [9.17, 15) is 0 Å². The zero-order valence-corrected chi connectivity index (χ0v) is 25.3. The highest BCUT2D eigenvalue weighted by atomic mass is 15.6. The Hall–Kier alpha value is -3.39. The maximum absolute atomic E-state index is 4.83. The summed E-state index contributed by atoms with van der Waals surface area (Å²) in [5.41, 5.74) is 6.34. The highest BCUT2D eigenvalue weighted by Crippen LogP contribution is 2.41. The monoisotopic (exact) mass is 563 g/mol. The zero-order valence-electron chi connectivity index (χ0n) is 25.3. The fourth-order valence-corrected chi connectivity index (χ4v) is 7.12. The first-order valence-corrected chi connectivity index (χ1v) is 15.7. The molecule has 7 heteroatoms. The molecule has 0 radical (unpaired) electrons. The SMILES string of the molecule is CC1=CCCC(C)=C1n1nnnc1C1(N2CCCN(C/C=C/c3ccccc3)CC2)CCN(Cc2ccccc2)CC1. The smallest absolute Gasteiger partial charge is 0.177 e. The van der Waals surface area contributed by atoms with Crippen LogP contribution in [-0.4, -0.2) is 80.7 Å². The summed E-state index contributed by atoms with van der Waals surface area (Å²) in [5, 5.41) is 13.8. The molecule has 0 unspecified atom stereocenters. The number of rotatable bonds is 8. The average Bonchev–Trinajstić information content (AvgIpc) is 3.37. The van der Waals surface area contributed by atoms with E-state index in [0.717, 1.165) is 90.3 Å².